The van der Waals surface area contributed by atoms with Crippen molar-refractivity contribution in [1.29, 1.82) is 0 Å². The van der Waals surface area contributed by atoms with Crippen LogP contribution < -0.4 is 0 Å². The average molecular weight is 480 g/mol. The van der Waals surface area contributed by atoms with Crippen LogP contribution in [0.4, 0.5) is 4.39 Å². The molecule has 0 N–H and O–H groups in total. The maximum atomic E-state index is 13.1. The van der Waals surface area contributed by atoms with Gasteiger partial charge in [0.05, 0.1) is 4.88 Å². The van der Waals surface area contributed by atoms with Crippen molar-refractivity contribution in [3.8, 4) is 0 Å². The number of hydrogen-bond donors (Lipinski definition) is 0. The monoisotopic (exact) mass is 479 g/mol. The molecule has 3 heterocycles. The van der Waals surface area contributed by atoms with Gasteiger partial charge in [0.15, 0.2) is 5.78 Å². The Morgan fingerprint density at radius 3 is 2.25 bits per heavy atom. The van der Waals surface area contributed by atoms with E-state index in [0.29, 0.717) is 23.9 Å². The lowest BCUT2D eigenvalue weighted by molar-refractivity contribution is 0.101. The molecule has 174 valence electrons. The Kier molecular flexibility index (Phi) is 7.41. The second-order valence-electron chi connectivity index (χ2n) is 8.72. The van der Waals surface area contributed by atoms with Crippen molar-refractivity contribution in [3.05, 3.63) is 52.0 Å². The fourth-order valence-electron chi connectivity index (χ4n) is 4.57. The van der Waals surface area contributed by atoms with E-state index in [1.54, 1.807) is 15.8 Å². The molecule has 0 spiro atoms. The van der Waals surface area contributed by atoms with Crippen molar-refractivity contribution < 1.29 is 17.6 Å². The molecule has 2 aromatic rings. The van der Waals surface area contributed by atoms with Gasteiger partial charge >= 0.3 is 0 Å². The molecule has 4 rings (SSSR count). The highest BCUT2D eigenvalue weighted by atomic mass is 32.2. The van der Waals surface area contributed by atoms with Gasteiger partial charge in [0.1, 0.15) is 10.7 Å². The number of rotatable bonds is 7. The number of thiophene rings is 1. The van der Waals surface area contributed by atoms with Crippen LogP contribution in [0.5, 0.6) is 0 Å². The van der Waals surface area contributed by atoms with Crippen LogP contribution in [-0.2, 0) is 16.6 Å². The largest absolute Gasteiger partial charge is 0.301 e. The molecule has 0 amide bonds. The van der Waals surface area contributed by atoms with Crippen molar-refractivity contribution in [2.45, 2.75) is 31.2 Å². The number of carbonyl (C=O) groups is 1. The fraction of sp³-hybridized carbons (Fsp3) is 0.522. The summed E-state index contributed by atoms with van der Waals surface area (Å²) < 4.78 is 40.7. The number of carbonyl (C=O) groups excluding carboxylic acids is 1. The maximum Gasteiger partial charge on any atom is 0.244 e. The van der Waals surface area contributed by atoms with E-state index in [1.165, 1.54) is 30.4 Å². The minimum absolute atomic E-state index is 0.158. The molecular formula is C23H30FN3O3S2. The van der Waals surface area contributed by atoms with E-state index in [2.05, 4.69) is 9.80 Å². The van der Waals surface area contributed by atoms with Crippen LogP contribution in [-0.4, -0.2) is 74.1 Å². The van der Waals surface area contributed by atoms with E-state index in [9.17, 15) is 17.6 Å². The summed E-state index contributed by atoms with van der Waals surface area (Å²) in [4.78, 5) is 17.1. The molecule has 1 aromatic heterocycles. The number of nitrogens with zero attached hydrogens (tertiary/aromatic N) is 3. The number of Topliss-reactive ketones (excluding diaryl/α,β-unsaturated/α-hetero) is 1. The smallest absolute Gasteiger partial charge is 0.244 e. The number of halogens is 1. The SMILES string of the molecule is CC(=O)c1sccc1S(=O)(=O)N1CCC(CN2CCN(Cc3ccc(F)cc3)CC2)CC1. The van der Waals surface area contributed by atoms with E-state index < -0.39 is 10.0 Å². The van der Waals surface area contributed by atoms with E-state index in [0.717, 1.165) is 57.7 Å². The van der Waals surface area contributed by atoms with Gasteiger partial charge < -0.3 is 4.90 Å². The first-order valence-corrected chi connectivity index (χ1v) is 13.4. The molecule has 2 fully saturated rings. The minimum Gasteiger partial charge on any atom is -0.301 e. The summed E-state index contributed by atoms with van der Waals surface area (Å²) in [7, 11) is -3.61. The molecule has 0 saturated carbocycles. The molecule has 1 aromatic carbocycles. The first kappa shape index (κ1) is 23.5. The molecule has 6 nitrogen and oxygen atoms in total. The molecule has 0 radical (unpaired) electrons. The maximum absolute atomic E-state index is 13.1. The first-order chi connectivity index (χ1) is 15.3. The highest BCUT2D eigenvalue weighted by Crippen LogP contribution is 2.29. The number of sulfonamides is 1. The van der Waals surface area contributed by atoms with Crippen LogP contribution in [0.15, 0.2) is 40.6 Å². The fourth-order valence-corrected chi connectivity index (χ4v) is 7.40. The van der Waals surface area contributed by atoms with Crippen LogP contribution in [0.1, 0.15) is 35.0 Å². The Labute approximate surface area is 193 Å². The Hall–Kier alpha value is -1.65. The zero-order valence-electron chi connectivity index (χ0n) is 18.4. The highest BCUT2D eigenvalue weighted by molar-refractivity contribution is 7.89. The third-order valence-electron chi connectivity index (χ3n) is 6.44. The number of piperidine rings is 1. The summed E-state index contributed by atoms with van der Waals surface area (Å²) in [6.07, 6.45) is 1.68. The lowest BCUT2D eigenvalue weighted by atomic mass is 9.97. The Morgan fingerprint density at radius 2 is 1.62 bits per heavy atom. The van der Waals surface area contributed by atoms with E-state index in [1.807, 2.05) is 12.1 Å². The summed E-state index contributed by atoms with van der Waals surface area (Å²) in [5, 5.41) is 1.67. The second kappa shape index (κ2) is 10.1. The number of hydrogen-bond acceptors (Lipinski definition) is 6. The summed E-state index contributed by atoms with van der Waals surface area (Å²) in [5.41, 5.74) is 1.13. The second-order valence-corrected chi connectivity index (χ2v) is 11.5. The van der Waals surface area contributed by atoms with Gasteiger partial charge in [-0.05, 0) is 54.8 Å². The van der Waals surface area contributed by atoms with Crippen molar-refractivity contribution in [2.24, 2.45) is 5.92 Å². The lowest BCUT2D eigenvalue weighted by Gasteiger charge is -2.38. The van der Waals surface area contributed by atoms with E-state index >= 15 is 0 Å². The topological polar surface area (TPSA) is 60.9 Å². The van der Waals surface area contributed by atoms with Crippen molar-refractivity contribution in [2.75, 3.05) is 45.8 Å². The zero-order valence-corrected chi connectivity index (χ0v) is 20.0. The predicted molar refractivity (Wildman–Crippen MR) is 124 cm³/mol. The molecule has 0 aliphatic carbocycles. The van der Waals surface area contributed by atoms with Gasteiger partial charge in [-0.25, -0.2) is 12.8 Å². The van der Waals surface area contributed by atoms with E-state index in [4.69, 9.17) is 0 Å². The molecular weight excluding hydrogens is 449 g/mol. The minimum atomic E-state index is -3.61. The van der Waals surface area contributed by atoms with Gasteiger partial charge in [-0.3, -0.25) is 9.69 Å². The first-order valence-electron chi connectivity index (χ1n) is 11.1. The van der Waals surface area contributed by atoms with Crippen LogP contribution in [0, 0.1) is 11.7 Å². The molecule has 9 heteroatoms. The van der Waals surface area contributed by atoms with Crippen LogP contribution in [0.3, 0.4) is 0 Å². The van der Waals surface area contributed by atoms with Gasteiger partial charge in [0, 0.05) is 52.4 Å². The Bertz CT molecular complexity index is 1020. The molecule has 2 aliphatic heterocycles. The average Bonchev–Trinajstić information content (AvgIpc) is 3.29. The van der Waals surface area contributed by atoms with Crippen LogP contribution in [0.25, 0.3) is 0 Å². The van der Waals surface area contributed by atoms with Crippen molar-refractivity contribution in [1.82, 2.24) is 14.1 Å². The van der Waals surface area contributed by atoms with Crippen LogP contribution >= 0.6 is 11.3 Å². The number of piperazine rings is 1. The molecule has 0 unspecified atom stereocenters. The molecule has 32 heavy (non-hydrogen) atoms. The third-order valence-corrected chi connectivity index (χ3v) is 9.53. The van der Waals surface area contributed by atoms with Gasteiger partial charge in [0.2, 0.25) is 10.0 Å². The van der Waals surface area contributed by atoms with Crippen LogP contribution in [0.2, 0.25) is 0 Å². The van der Waals surface area contributed by atoms with Crippen molar-refractivity contribution >= 4 is 27.1 Å². The van der Waals surface area contributed by atoms with Gasteiger partial charge in [0.25, 0.3) is 0 Å². The van der Waals surface area contributed by atoms with Gasteiger partial charge in [-0.15, -0.1) is 11.3 Å². The third kappa shape index (κ3) is 5.46. The normalized spacial score (nSPS) is 19.9. The van der Waals surface area contributed by atoms with Gasteiger partial charge in [-0.1, -0.05) is 12.1 Å². The van der Waals surface area contributed by atoms with E-state index in [-0.39, 0.29) is 16.5 Å². The quantitative estimate of drug-likeness (QED) is 0.571. The molecule has 2 aliphatic rings. The van der Waals surface area contributed by atoms with Crippen molar-refractivity contribution in [3.63, 3.8) is 0 Å². The molecule has 0 bridgehead atoms. The number of ketones is 1. The standard InChI is InChI=1S/C23H30FN3O3S2/c1-18(28)23-22(8-15-31-23)32(29,30)27-9-6-20(7-10-27)17-26-13-11-25(12-14-26)16-19-2-4-21(24)5-3-19/h2-5,8,15,20H,6-7,9-14,16-17H2,1H3. The molecule has 0 atom stereocenters. The molecule has 2 saturated heterocycles. The van der Waals surface area contributed by atoms with Gasteiger partial charge in [-0.2, -0.15) is 4.31 Å². The lowest BCUT2D eigenvalue weighted by Crippen LogP contribution is -2.48. The summed E-state index contributed by atoms with van der Waals surface area (Å²) in [5.74, 6) is 0.0823. The Morgan fingerprint density at radius 1 is 1.00 bits per heavy atom. The summed E-state index contributed by atoms with van der Waals surface area (Å²) in [6, 6.07) is 8.27. The number of benzene rings is 1. The Balaban J connectivity index is 1.24. The summed E-state index contributed by atoms with van der Waals surface area (Å²) in [6.45, 7) is 8.22. The zero-order chi connectivity index (χ0) is 22.7. The summed E-state index contributed by atoms with van der Waals surface area (Å²) >= 11 is 1.19. The highest BCUT2D eigenvalue weighted by Gasteiger charge is 2.33. The predicted octanol–water partition coefficient (Wildman–Crippen LogP) is 3.31.